The van der Waals surface area contributed by atoms with Crippen molar-refractivity contribution in [2.45, 2.75) is 11.8 Å². The molecule has 0 atom stereocenters. The number of hydrogen-bond donors (Lipinski definition) is 0. The summed E-state index contributed by atoms with van der Waals surface area (Å²) in [5.41, 5.74) is 2.09. The zero-order valence-corrected chi connectivity index (χ0v) is 8.23. The third-order valence-electron chi connectivity index (χ3n) is 2.08. The van der Waals surface area contributed by atoms with Crippen LogP contribution in [0.3, 0.4) is 0 Å². The fourth-order valence-electron chi connectivity index (χ4n) is 1.32. The van der Waals surface area contributed by atoms with Crippen LogP contribution in [0.1, 0.15) is 12.5 Å². The van der Waals surface area contributed by atoms with Crippen LogP contribution in [-0.2, 0) is 4.79 Å². The summed E-state index contributed by atoms with van der Waals surface area (Å²) in [7, 11) is 0. The Kier molecular flexibility index (Phi) is 2.23. The number of rotatable bonds is 1. The Hall–Kier alpha value is -1.02. The second kappa shape index (κ2) is 3.38. The molecule has 1 aliphatic rings. The van der Waals surface area contributed by atoms with E-state index in [1.165, 1.54) is 10.5 Å². The minimum atomic E-state index is 0.182. The maximum Gasteiger partial charge on any atom is 0.156 e. The Morgan fingerprint density at radius 1 is 1.38 bits per heavy atom. The highest BCUT2D eigenvalue weighted by Crippen LogP contribution is 2.31. The summed E-state index contributed by atoms with van der Waals surface area (Å²) in [5, 5.41) is 0. The van der Waals surface area contributed by atoms with Crippen molar-refractivity contribution < 1.29 is 4.79 Å². The van der Waals surface area contributed by atoms with E-state index in [0.29, 0.717) is 0 Å². The van der Waals surface area contributed by atoms with E-state index < -0.39 is 0 Å². The molecule has 0 amide bonds. The molecular formula is C11H10OS. The van der Waals surface area contributed by atoms with Crippen LogP contribution in [0.4, 0.5) is 0 Å². The fourth-order valence-corrected chi connectivity index (χ4v) is 2.39. The topological polar surface area (TPSA) is 17.1 Å². The van der Waals surface area contributed by atoms with Crippen molar-refractivity contribution in [2.75, 3.05) is 5.75 Å². The fraction of sp³-hybridized carbons (Fsp3) is 0.182. The summed E-state index contributed by atoms with van der Waals surface area (Å²) in [6, 6.07) is 8.16. The van der Waals surface area contributed by atoms with E-state index in [9.17, 15) is 4.79 Å². The van der Waals surface area contributed by atoms with Gasteiger partial charge in [-0.25, -0.2) is 0 Å². The van der Waals surface area contributed by atoms with E-state index in [0.717, 1.165) is 11.3 Å². The van der Waals surface area contributed by atoms with Crippen molar-refractivity contribution in [1.29, 1.82) is 0 Å². The molecule has 1 aromatic rings. The smallest absolute Gasteiger partial charge is 0.156 e. The lowest BCUT2D eigenvalue weighted by Crippen LogP contribution is -2.03. The van der Waals surface area contributed by atoms with Crippen molar-refractivity contribution in [2.24, 2.45) is 0 Å². The molecule has 13 heavy (non-hydrogen) atoms. The Morgan fingerprint density at radius 3 is 2.92 bits per heavy atom. The first-order chi connectivity index (χ1) is 6.27. The number of Topliss-reactive ketones (excluding diaryl/α,β-unsaturated/α-hetero) is 1. The van der Waals surface area contributed by atoms with Gasteiger partial charge in [-0.1, -0.05) is 18.2 Å². The standard InChI is InChI=1S/C11H10OS/c1-8(12)10-6-9-4-2-3-5-11(9)13-7-10/h2-6H,7H2,1H3. The molecule has 0 aromatic heterocycles. The zero-order chi connectivity index (χ0) is 9.26. The third-order valence-corrected chi connectivity index (χ3v) is 3.22. The third kappa shape index (κ3) is 1.68. The van der Waals surface area contributed by atoms with Crippen LogP contribution in [0.2, 0.25) is 0 Å². The number of carbonyl (C=O) groups excluding carboxylic acids is 1. The minimum Gasteiger partial charge on any atom is -0.295 e. The van der Waals surface area contributed by atoms with Crippen LogP contribution in [0.5, 0.6) is 0 Å². The van der Waals surface area contributed by atoms with Crippen molar-refractivity contribution in [3.05, 3.63) is 35.4 Å². The highest BCUT2D eigenvalue weighted by molar-refractivity contribution is 7.99. The molecule has 1 nitrogen and oxygen atoms in total. The highest BCUT2D eigenvalue weighted by Gasteiger charge is 2.12. The Bertz CT molecular complexity index is 379. The quantitative estimate of drug-likeness (QED) is 0.677. The number of hydrogen-bond acceptors (Lipinski definition) is 2. The van der Waals surface area contributed by atoms with E-state index in [4.69, 9.17) is 0 Å². The maximum atomic E-state index is 11.1. The van der Waals surface area contributed by atoms with E-state index in [1.807, 2.05) is 24.3 Å². The zero-order valence-electron chi connectivity index (χ0n) is 7.41. The van der Waals surface area contributed by atoms with Gasteiger partial charge in [-0.05, 0) is 24.6 Å². The minimum absolute atomic E-state index is 0.182. The summed E-state index contributed by atoms with van der Waals surface area (Å²) in [4.78, 5) is 12.4. The molecule has 0 bridgehead atoms. The van der Waals surface area contributed by atoms with Gasteiger partial charge in [0.05, 0.1) is 0 Å². The van der Waals surface area contributed by atoms with Gasteiger partial charge in [-0.3, -0.25) is 4.79 Å². The van der Waals surface area contributed by atoms with Crippen molar-refractivity contribution >= 4 is 23.6 Å². The van der Waals surface area contributed by atoms with Gasteiger partial charge >= 0.3 is 0 Å². The average molecular weight is 190 g/mol. The lowest BCUT2D eigenvalue weighted by Gasteiger charge is -2.13. The van der Waals surface area contributed by atoms with Gasteiger partial charge in [0.2, 0.25) is 0 Å². The van der Waals surface area contributed by atoms with Gasteiger partial charge < -0.3 is 0 Å². The van der Waals surface area contributed by atoms with Crippen molar-refractivity contribution in [3.63, 3.8) is 0 Å². The molecule has 2 rings (SSSR count). The lowest BCUT2D eigenvalue weighted by molar-refractivity contribution is -0.113. The molecule has 1 heterocycles. The van der Waals surface area contributed by atoms with Crippen LogP contribution < -0.4 is 0 Å². The largest absolute Gasteiger partial charge is 0.295 e. The molecule has 0 saturated heterocycles. The van der Waals surface area contributed by atoms with E-state index in [1.54, 1.807) is 18.7 Å². The second-order valence-corrected chi connectivity index (χ2v) is 4.07. The lowest BCUT2D eigenvalue weighted by atomic mass is 10.1. The first kappa shape index (κ1) is 8.57. The summed E-state index contributed by atoms with van der Waals surface area (Å²) in [6.45, 7) is 1.63. The van der Waals surface area contributed by atoms with Crippen LogP contribution >= 0.6 is 11.8 Å². The summed E-state index contributed by atoms with van der Waals surface area (Å²) >= 11 is 1.74. The van der Waals surface area contributed by atoms with Crippen LogP contribution in [0, 0.1) is 0 Å². The molecule has 0 radical (unpaired) electrons. The number of ketones is 1. The molecule has 0 fully saturated rings. The molecule has 0 N–H and O–H groups in total. The molecule has 0 spiro atoms. The molecule has 1 aromatic carbocycles. The van der Waals surface area contributed by atoms with Gasteiger partial charge in [0.25, 0.3) is 0 Å². The predicted molar refractivity (Wildman–Crippen MR) is 55.8 cm³/mol. The number of fused-ring (bicyclic) bond motifs is 1. The van der Waals surface area contributed by atoms with Crippen molar-refractivity contribution in [1.82, 2.24) is 0 Å². The van der Waals surface area contributed by atoms with Gasteiger partial charge in [-0.2, -0.15) is 0 Å². The summed E-state index contributed by atoms with van der Waals surface area (Å²) in [5.74, 6) is 0.994. The van der Waals surface area contributed by atoms with E-state index in [2.05, 4.69) is 6.07 Å². The maximum absolute atomic E-state index is 11.1. The Balaban J connectivity index is 2.44. The van der Waals surface area contributed by atoms with Gasteiger partial charge in [0.1, 0.15) is 0 Å². The molecule has 2 heteroatoms. The van der Waals surface area contributed by atoms with Crippen LogP contribution in [0.25, 0.3) is 6.08 Å². The first-order valence-electron chi connectivity index (χ1n) is 4.21. The monoisotopic (exact) mass is 190 g/mol. The van der Waals surface area contributed by atoms with Crippen molar-refractivity contribution in [3.8, 4) is 0 Å². The Labute approximate surface area is 81.8 Å². The molecule has 0 saturated carbocycles. The van der Waals surface area contributed by atoms with E-state index >= 15 is 0 Å². The molecule has 0 unspecified atom stereocenters. The van der Waals surface area contributed by atoms with E-state index in [-0.39, 0.29) is 5.78 Å². The number of thioether (sulfide) groups is 1. The van der Waals surface area contributed by atoms with Gasteiger partial charge in [0, 0.05) is 16.2 Å². The second-order valence-electron chi connectivity index (χ2n) is 3.05. The molecule has 1 aliphatic heterocycles. The molecule has 0 aliphatic carbocycles. The number of carbonyl (C=O) groups is 1. The van der Waals surface area contributed by atoms with Crippen LogP contribution in [0.15, 0.2) is 34.7 Å². The van der Waals surface area contributed by atoms with Gasteiger partial charge in [0.15, 0.2) is 5.78 Å². The van der Waals surface area contributed by atoms with Gasteiger partial charge in [-0.15, -0.1) is 11.8 Å². The SMILES string of the molecule is CC(=O)C1=Cc2ccccc2SC1. The average Bonchev–Trinajstić information content (AvgIpc) is 2.17. The molecular weight excluding hydrogens is 180 g/mol. The number of benzene rings is 1. The summed E-state index contributed by atoms with van der Waals surface area (Å²) in [6.07, 6.45) is 1.99. The normalized spacial score (nSPS) is 14.7. The summed E-state index contributed by atoms with van der Waals surface area (Å²) < 4.78 is 0. The Morgan fingerprint density at radius 2 is 2.15 bits per heavy atom. The van der Waals surface area contributed by atoms with Crippen LogP contribution in [-0.4, -0.2) is 11.5 Å². The predicted octanol–water partition coefficient (Wildman–Crippen LogP) is 2.76. The molecule has 66 valence electrons. The highest BCUT2D eigenvalue weighted by atomic mass is 32.2. The first-order valence-corrected chi connectivity index (χ1v) is 5.19.